The molecule has 0 spiro atoms. The lowest BCUT2D eigenvalue weighted by molar-refractivity contribution is 1.52. The summed E-state index contributed by atoms with van der Waals surface area (Å²) in [5.74, 6) is 0. The maximum atomic E-state index is 8.71. The van der Waals surface area contributed by atoms with Crippen molar-refractivity contribution in [1.29, 1.82) is 5.26 Å². The van der Waals surface area contributed by atoms with Crippen LogP contribution in [0.1, 0.15) is 4.88 Å². The van der Waals surface area contributed by atoms with Gasteiger partial charge in [-0.15, -0.1) is 11.3 Å². The van der Waals surface area contributed by atoms with E-state index in [1.165, 1.54) is 11.3 Å². The highest BCUT2D eigenvalue weighted by Gasteiger charge is 2.05. The van der Waals surface area contributed by atoms with Crippen LogP contribution < -0.4 is 0 Å². The SMILES string of the molecule is N#Cc1cc2c(Cl)cc(I)cc2s1. The van der Waals surface area contributed by atoms with Crippen LogP contribution in [0.4, 0.5) is 0 Å². The first kappa shape index (κ1) is 9.25. The molecular formula is C9H3ClINS. The Hall–Kier alpha value is -0.310. The lowest BCUT2D eigenvalue weighted by Gasteiger charge is -1.93. The molecular weight excluding hydrogens is 317 g/mol. The topological polar surface area (TPSA) is 23.8 Å². The van der Waals surface area contributed by atoms with Gasteiger partial charge in [0, 0.05) is 13.7 Å². The Kier molecular flexibility index (Phi) is 2.45. The Balaban J connectivity index is 2.84. The number of fused-ring (bicyclic) bond motifs is 1. The third kappa shape index (κ3) is 1.66. The van der Waals surface area contributed by atoms with Crippen molar-refractivity contribution in [3.8, 4) is 6.07 Å². The minimum absolute atomic E-state index is 0.707. The zero-order chi connectivity index (χ0) is 9.42. The quantitative estimate of drug-likeness (QED) is 0.673. The number of hydrogen-bond donors (Lipinski definition) is 0. The van der Waals surface area contributed by atoms with Gasteiger partial charge in [-0.2, -0.15) is 5.26 Å². The van der Waals surface area contributed by atoms with Gasteiger partial charge in [0.1, 0.15) is 10.9 Å². The molecule has 0 radical (unpaired) electrons. The van der Waals surface area contributed by atoms with Gasteiger partial charge in [-0.05, 0) is 40.8 Å². The van der Waals surface area contributed by atoms with Crippen molar-refractivity contribution in [2.75, 3.05) is 0 Å². The second-order valence-electron chi connectivity index (χ2n) is 2.52. The van der Waals surface area contributed by atoms with Crippen LogP contribution in [-0.4, -0.2) is 0 Å². The second kappa shape index (κ2) is 3.45. The van der Waals surface area contributed by atoms with E-state index in [0.29, 0.717) is 4.88 Å². The molecule has 0 aliphatic heterocycles. The Morgan fingerprint density at radius 3 is 2.85 bits per heavy atom. The van der Waals surface area contributed by atoms with Crippen LogP contribution in [0.5, 0.6) is 0 Å². The van der Waals surface area contributed by atoms with Crippen LogP contribution in [-0.2, 0) is 0 Å². The van der Waals surface area contributed by atoms with E-state index >= 15 is 0 Å². The monoisotopic (exact) mass is 319 g/mol. The van der Waals surface area contributed by atoms with Crippen molar-refractivity contribution in [2.45, 2.75) is 0 Å². The Bertz CT molecular complexity index is 512. The van der Waals surface area contributed by atoms with E-state index in [9.17, 15) is 0 Å². The summed E-state index contributed by atoms with van der Waals surface area (Å²) < 4.78 is 2.18. The summed E-state index contributed by atoms with van der Waals surface area (Å²) in [6, 6.07) is 7.89. The van der Waals surface area contributed by atoms with Crippen molar-refractivity contribution in [3.63, 3.8) is 0 Å². The molecule has 1 aromatic heterocycles. The molecule has 2 aromatic rings. The number of nitrogens with zero attached hydrogens (tertiary/aromatic N) is 1. The van der Waals surface area contributed by atoms with Crippen molar-refractivity contribution in [1.82, 2.24) is 0 Å². The van der Waals surface area contributed by atoms with E-state index < -0.39 is 0 Å². The molecule has 1 aromatic carbocycles. The molecule has 64 valence electrons. The minimum Gasteiger partial charge on any atom is -0.192 e. The highest BCUT2D eigenvalue weighted by molar-refractivity contribution is 14.1. The number of halogens is 2. The van der Waals surface area contributed by atoms with Crippen molar-refractivity contribution >= 4 is 55.6 Å². The molecule has 0 bridgehead atoms. The minimum atomic E-state index is 0.707. The van der Waals surface area contributed by atoms with Gasteiger partial charge in [-0.3, -0.25) is 0 Å². The second-order valence-corrected chi connectivity index (χ2v) is 5.26. The number of hydrogen-bond acceptors (Lipinski definition) is 2. The molecule has 2 rings (SSSR count). The lowest BCUT2D eigenvalue weighted by atomic mass is 10.2. The highest BCUT2D eigenvalue weighted by atomic mass is 127. The molecule has 1 nitrogen and oxygen atoms in total. The van der Waals surface area contributed by atoms with Crippen molar-refractivity contribution in [2.24, 2.45) is 0 Å². The van der Waals surface area contributed by atoms with Crippen LogP contribution >= 0.6 is 45.5 Å². The van der Waals surface area contributed by atoms with E-state index in [1.807, 2.05) is 18.2 Å². The smallest absolute Gasteiger partial charge is 0.110 e. The molecule has 0 N–H and O–H groups in total. The molecule has 0 atom stereocenters. The van der Waals surface area contributed by atoms with Crippen LogP contribution in [0.3, 0.4) is 0 Å². The fraction of sp³-hybridized carbons (Fsp3) is 0. The third-order valence-corrected chi connectivity index (χ3v) is 3.58. The summed E-state index contributed by atoms with van der Waals surface area (Å²) in [5.41, 5.74) is 0. The Morgan fingerprint density at radius 2 is 2.15 bits per heavy atom. The lowest BCUT2D eigenvalue weighted by Crippen LogP contribution is -1.70. The first-order valence-corrected chi connectivity index (χ1v) is 5.77. The molecule has 4 heteroatoms. The van der Waals surface area contributed by atoms with Crippen LogP contribution in [0, 0.1) is 14.9 Å². The van der Waals surface area contributed by atoms with E-state index in [1.54, 1.807) is 0 Å². The van der Waals surface area contributed by atoms with E-state index in [0.717, 1.165) is 18.7 Å². The number of benzene rings is 1. The van der Waals surface area contributed by atoms with Gasteiger partial charge >= 0.3 is 0 Å². The van der Waals surface area contributed by atoms with Gasteiger partial charge in [-0.1, -0.05) is 11.6 Å². The molecule has 0 fully saturated rings. The molecule has 0 unspecified atom stereocenters. The third-order valence-electron chi connectivity index (χ3n) is 1.66. The van der Waals surface area contributed by atoms with E-state index in [4.69, 9.17) is 16.9 Å². The van der Waals surface area contributed by atoms with Crippen LogP contribution in [0.15, 0.2) is 18.2 Å². The molecule has 13 heavy (non-hydrogen) atoms. The largest absolute Gasteiger partial charge is 0.192 e. The average Bonchev–Trinajstić information content (AvgIpc) is 2.47. The molecule has 0 aliphatic rings. The average molecular weight is 320 g/mol. The predicted octanol–water partition coefficient (Wildman–Crippen LogP) is 4.03. The van der Waals surface area contributed by atoms with Crippen LogP contribution in [0.2, 0.25) is 5.02 Å². The van der Waals surface area contributed by atoms with Crippen molar-refractivity contribution < 1.29 is 0 Å². The highest BCUT2D eigenvalue weighted by Crippen LogP contribution is 2.32. The number of rotatable bonds is 0. The van der Waals surface area contributed by atoms with Gasteiger partial charge in [0.15, 0.2) is 0 Å². The molecule has 0 aliphatic carbocycles. The maximum absolute atomic E-state index is 8.71. The maximum Gasteiger partial charge on any atom is 0.110 e. The summed E-state index contributed by atoms with van der Waals surface area (Å²) >= 11 is 9.71. The normalized spacial score (nSPS) is 10.2. The van der Waals surface area contributed by atoms with Crippen molar-refractivity contribution in [3.05, 3.63) is 31.7 Å². The first-order chi connectivity index (χ1) is 6.20. The van der Waals surface area contributed by atoms with Gasteiger partial charge in [0.2, 0.25) is 0 Å². The van der Waals surface area contributed by atoms with Gasteiger partial charge in [0.05, 0.1) is 5.02 Å². The molecule has 0 amide bonds. The number of thiophene rings is 1. The van der Waals surface area contributed by atoms with E-state index in [-0.39, 0.29) is 0 Å². The summed E-state index contributed by atoms with van der Waals surface area (Å²) in [4.78, 5) is 0.707. The molecule has 0 saturated carbocycles. The number of nitriles is 1. The summed E-state index contributed by atoms with van der Waals surface area (Å²) in [6.07, 6.45) is 0. The predicted molar refractivity (Wildman–Crippen MR) is 64.3 cm³/mol. The zero-order valence-corrected chi connectivity index (χ0v) is 10.1. The fourth-order valence-electron chi connectivity index (χ4n) is 1.12. The fourth-order valence-corrected chi connectivity index (χ4v) is 3.39. The molecule has 0 saturated heterocycles. The Morgan fingerprint density at radius 1 is 1.38 bits per heavy atom. The first-order valence-electron chi connectivity index (χ1n) is 3.49. The van der Waals surface area contributed by atoms with E-state index in [2.05, 4.69) is 28.7 Å². The summed E-state index contributed by atoms with van der Waals surface area (Å²) in [7, 11) is 0. The van der Waals surface area contributed by atoms with Gasteiger partial charge in [0.25, 0.3) is 0 Å². The zero-order valence-electron chi connectivity index (χ0n) is 6.34. The molecule has 1 heterocycles. The summed E-state index contributed by atoms with van der Waals surface area (Å²) in [5, 5.41) is 10.4. The summed E-state index contributed by atoms with van der Waals surface area (Å²) in [6.45, 7) is 0. The van der Waals surface area contributed by atoms with Gasteiger partial charge in [-0.25, -0.2) is 0 Å². The standard InChI is InChI=1S/C9H3ClINS/c10-8-1-5(11)2-9-7(8)3-6(4-12)13-9/h1-3H. The Labute approximate surface area is 98.1 Å². The van der Waals surface area contributed by atoms with Crippen LogP contribution in [0.25, 0.3) is 10.1 Å². The van der Waals surface area contributed by atoms with Gasteiger partial charge < -0.3 is 0 Å².